The summed E-state index contributed by atoms with van der Waals surface area (Å²) in [5.74, 6) is -0.287. The Hall–Kier alpha value is -1.89. The minimum Gasteiger partial charge on any atom is -0.323 e. The van der Waals surface area contributed by atoms with Crippen molar-refractivity contribution in [2.24, 2.45) is 5.41 Å². The summed E-state index contributed by atoms with van der Waals surface area (Å²) in [6.07, 6.45) is 3.76. The predicted octanol–water partition coefficient (Wildman–Crippen LogP) is 2.27. The summed E-state index contributed by atoms with van der Waals surface area (Å²) in [4.78, 5) is 15.8. The second-order valence-corrected chi connectivity index (χ2v) is 4.00. The second kappa shape index (κ2) is 4.75. The highest BCUT2D eigenvalue weighted by atomic mass is 16.2. The fourth-order valence-corrected chi connectivity index (χ4v) is 1.18. The first-order valence-corrected chi connectivity index (χ1v) is 5.16. The smallest absolute Gasteiger partial charge is 0.244 e. The standard InChI is InChI=1S/C12H15N3O/c1-4-12(3,8-13)11(16)15-10-5-9(2)6-14-7-10/h5-7H,4H2,1-3H3,(H,15,16). The highest BCUT2D eigenvalue weighted by Crippen LogP contribution is 2.22. The molecule has 0 aromatic carbocycles. The highest BCUT2D eigenvalue weighted by Gasteiger charge is 2.31. The molecule has 1 heterocycles. The Morgan fingerprint density at radius 1 is 1.62 bits per heavy atom. The number of nitrogens with zero attached hydrogens (tertiary/aromatic N) is 2. The molecule has 0 aliphatic heterocycles. The summed E-state index contributed by atoms with van der Waals surface area (Å²) >= 11 is 0. The van der Waals surface area contributed by atoms with Crippen LogP contribution in [0.15, 0.2) is 18.5 Å². The van der Waals surface area contributed by atoms with E-state index < -0.39 is 5.41 Å². The van der Waals surface area contributed by atoms with Crippen molar-refractivity contribution in [3.05, 3.63) is 24.0 Å². The van der Waals surface area contributed by atoms with Gasteiger partial charge < -0.3 is 5.32 Å². The third kappa shape index (κ3) is 2.57. The Balaban J connectivity index is 2.83. The lowest BCUT2D eigenvalue weighted by Crippen LogP contribution is -2.31. The van der Waals surface area contributed by atoms with E-state index in [1.165, 1.54) is 0 Å². The van der Waals surface area contributed by atoms with Gasteiger partial charge in [-0.05, 0) is 31.9 Å². The van der Waals surface area contributed by atoms with Gasteiger partial charge in [-0.25, -0.2) is 0 Å². The minimum atomic E-state index is -0.982. The van der Waals surface area contributed by atoms with E-state index in [2.05, 4.69) is 10.3 Å². The number of hydrogen-bond donors (Lipinski definition) is 1. The second-order valence-electron chi connectivity index (χ2n) is 4.00. The summed E-state index contributed by atoms with van der Waals surface area (Å²) in [6.45, 7) is 5.34. The van der Waals surface area contributed by atoms with Crippen LogP contribution in [0.1, 0.15) is 25.8 Å². The molecule has 84 valence electrons. The van der Waals surface area contributed by atoms with E-state index in [0.717, 1.165) is 5.56 Å². The van der Waals surface area contributed by atoms with Gasteiger partial charge in [-0.1, -0.05) is 6.92 Å². The SMILES string of the molecule is CCC(C)(C#N)C(=O)Nc1cncc(C)c1. The van der Waals surface area contributed by atoms with Gasteiger partial charge in [0.05, 0.1) is 18.0 Å². The largest absolute Gasteiger partial charge is 0.323 e. The summed E-state index contributed by atoms with van der Waals surface area (Å²) < 4.78 is 0. The van der Waals surface area contributed by atoms with Gasteiger partial charge in [-0.3, -0.25) is 9.78 Å². The van der Waals surface area contributed by atoms with Crippen LogP contribution in [0.2, 0.25) is 0 Å². The van der Waals surface area contributed by atoms with E-state index in [1.807, 2.05) is 26.0 Å². The Morgan fingerprint density at radius 3 is 2.81 bits per heavy atom. The van der Waals surface area contributed by atoms with Crippen molar-refractivity contribution < 1.29 is 4.79 Å². The van der Waals surface area contributed by atoms with Crippen molar-refractivity contribution in [3.8, 4) is 6.07 Å². The van der Waals surface area contributed by atoms with Crippen LogP contribution in [0.4, 0.5) is 5.69 Å². The molecule has 0 radical (unpaired) electrons. The van der Waals surface area contributed by atoms with Gasteiger partial charge in [0.15, 0.2) is 0 Å². The number of nitriles is 1. The lowest BCUT2D eigenvalue weighted by atomic mass is 9.88. The number of pyridine rings is 1. The Kier molecular flexibility index (Phi) is 3.62. The number of nitrogens with one attached hydrogen (secondary N) is 1. The van der Waals surface area contributed by atoms with E-state index in [-0.39, 0.29) is 5.91 Å². The fraction of sp³-hybridized carbons (Fsp3) is 0.417. The molecule has 4 nitrogen and oxygen atoms in total. The van der Waals surface area contributed by atoms with Crippen LogP contribution in [-0.2, 0) is 4.79 Å². The first-order chi connectivity index (χ1) is 7.51. The van der Waals surface area contributed by atoms with Gasteiger partial charge in [-0.15, -0.1) is 0 Å². The molecule has 0 saturated heterocycles. The van der Waals surface area contributed by atoms with Crippen molar-refractivity contribution in [1.29, 1.82) is 5.26 Å². The first kappa shape index (κ1) is 12.2. The van der Waals surface area contributed by atoms with Crippen LogP contribution in [0.25, 0.3) is 0 Å². The van der Waals surface area contributed by atoms with Crippen molar-refractivity contribution in [3.63, 3.8) is 0 Å². The number of hydrogen-bond acceptors (Lipinski definition) is 3. The maximum Gasteiger partial charge on any atom is 0.244 e. The average molecular weight is 217 g/mol. The number of aryl methyl sites for hydroxylation is 1. The van der Waals surface area contributed by atoms with Crippen LogP contribution in [0, 0.1) is 23.7 Å². The molecule has 1 amide bonds. The van der Waals surface area contributed by atoms with Crippen LogP contribution in [-0.4, -0.2) is 10.9 Å². The molecule has 0 spiro atoms. The molecular formula is C12H15N3O. The highest BCUT2D eigenvalue weighted by molar-refractivity contribution is 5.96. The Labute approximate surface area is 95.3 Å². The number of amides is 1. The maximum atomic E-state index is 11.8. The van der Waals surface area contributed by atoms with Crippen molar-refractivity contribution in [1.82, 2.24) is 4.98 Å². The number of aromatic nitrogens is 1. The molecule has 1 atom stereocenters. The molecule has 1 unspecified atom stereocenters. The average Bonchev–Trinajstić information content (AvgIpc) is 2.28. The molecule has 1 rings (SSSR count). The van der Waals surface area contributed by atoms with E-state index in [9.17, 15) is 4.79 Å². The zero-order valence-corrected chi connectivity index (χ0v) is 9.74. The molecule has 16 heavy (non-hydrogen) atoms. The van der Waals surface area contributed by atoms with E-state index in [4.69, 9.17) is 5.26 Å². The number of rotatable bonds is 3. The number of carbonyl (C=O) groups excluding carboxylic acids is 1. The van der Waals surface area contributed by atoms with Gasteiger partial charge in [-0.2, -0.15) is 5.26 Å². The fourth-order valence-electron chi connectivity index (χ4n) is 1.18. The quantitative estimate of drug-likeness (QED) is 0.844. The normalized spacial score (nSPS) is 13.6. The Morgan fingerprint density at radius 2 is 2.31 bits per heavy atom. The third-order valence-corrected chi connectivity index (χ3v) is 2.59. The monoisotopic (exact) mass is 217 g/mol. The molecule has 0 aliphatic rings. The Bertz CT molecular complexity index is 436. The van der Waals surface area contributed by atoms with E-state index >= 15 is 0 Å². The molecule has 0 fully saturated rings. The van der Waals surface area contributed by atoms with Gasteiger partial charge in [0.1, 0.15) is 5.41 Å². The summed E-state index contributed by atoms with van der Waals surface area (Å²) in [7, 11) is 0. The number of carbonyl (C=O) groups is 1. The molecular weight excluding hydrogens is 202 g/mol. The van der Waals surface area contributed by atoms with Crippen molar-refractivity contribution in [2.45, 2.75) is 27.2 Å². The van der Waals surface area contributed by atoms with Crippen molar-refractivity contribution >= 4 is 11.6 Å². The van der Waals surface area contributed by atoms with Gasteiger partial charge >= 0.3 is 0 Å². The van der Waals surface area contributed by atoms with Gasteiger partial charge in [0.25, 0.3) is 0 Å². The lowest BCUT2D eigenvalue weighted by molar-refractivity contribution is -0.122. The minimum absolute atomic E-state index is 0.287. The maximum absolute atomic E-state index is 11.8. The third-order valence-electron chi connectivity index (χ3n) is 2.59. The molecule has 4 heteroatoms. The topological polar surface area (TPSA) is 65.8 Å². The summed E-state index contributed by atoms with van der Waals surface area (Å²) in [6, 6.07) is 3.85. The molecule has 1 aromatic heterocycles. The molecule has 0 bridgehead atoms. The van der Waals surface area contributed by atoms with Gasteiger partial charge in [0.2, 0.25) is 5.91 Å². The molecule has 0 aliphatic carbocycles. The molecule has 1 N–H and O–H groups in total. The zero-order chi connectivity index (χ0) is 12.2. The van der Waals surface area contributed by atoms with Crippen LogP contribution >= 0.6 is 0 Å². The van der Waals surface area contributed by atoms with Crippen LogP contribution < -0.4 is 5.32 Å². The summed E-state index contributed by atoms with van der Waals surface area (Å²) in [5, 5.41) is 11.7. The van der Waals surface area contributed by atoms with E-state index in [1.54, 1.807) is 19.3 Å². The van der Waals surface area contributed by atoms with Crippen LogP contribution in [0.5, 0.6) is 0 Å². The van der Waals surface area contributed by atoms with Crippen LogP contribution in [0.3, 0.4) is 0 Å². The summed E-state index contributed by atoms with van der Waals surface area (Å²) in [5.41, 5.74) is 0.608. The predicted molar refractivity (Wildman–Crippen MR) is 61.6 cm³/mol. The zero-order valence-electron chi connectivity index (χ0n) is 9.74. The van der Waals surface area contributed by atoms with E-state index in [0.29, 0.717) is 12.1 Å². The first-order valence-electron chi connectivity index (χ1n) is 5.16. The number of anilines is 1. The van der Waals surface area contributed by atoms with Gasteiger partial charge in [0, 0.05) is 6.20 Å². The van der Waals surface area contributed by atoms with Crippen molar-refractivity contribution in [2.75, 3.05) is 5.32 Å². The molecule has 1 aromatic rings. The lowest BCUT2D eigenvalue weighted by Gasteiger charge is -2.18. The molecule has 0 saturated carbocycles.